The average molecular weight is 436 g/mol. The van der Waals surface area contributed by atoms with Crippen LogP contribution in [0.2, 0.25) is 0 Å². The molecule has 8 nitrogen and oxygen atoms in total. The monoisotopic (exact) mass is 435 g/mol. The first kappa shape index (κ1) is 20.9. The van der Waals surface area contributed by atoms with E-state index in [1.807, 2.05) is 0 Å². The van der Waals surface area contributed by atoms with Gasteiger partial charge in [-0.15, -0.1) is 11.3 Å². The number of carbonyl (C=O) groups excluding carboxylic acids is 2. The second-order valence-corrected chi connectivity index (χ2v) is 7.76. The number of thiophene rings is 1. The van der Waals surface area contributed by atoms with Crippen LogP contribution in [0.5, 0.6) is 17.2 Å². The fraction of sp³-hybridized carbons (Fsp3) is 0.316. The van der Waals surface area contributed by atoms with Crippen LogP contribution in [0.25, 0.3) is 0 Å². The number of amides is 2. The van der Waals surface area contributed by atoms with E-state index >= 15 is 0 Å². The van der Waals surface area contributed by atoms with Gasteiger partial charge in [0.05, 0.1) is 26.9 Å². The van der Waals surface area contributed by atoms with E-state index in [0.717, 1.165) is 29.7 Å². The maximum absolute atomic E-state index is 12.7. The minimum Gasteiger partial charge on any atom is -0.493 e. The summed E-state index contributed by atoms with van der Waals surface area (Å²) in [6, 6.07) is 3.04. The van der Waals surface area contributed by atoms with Crippen LogP contribution in [-0.4, -0.2) is 38.3 Å². The number of thiocarbonyl (C=S) groups is 1. The summed E-state index contributed by atoms with van der Waals surface area (Å²) in [5.74, 6) is 0.103. The zero-order valence-corrected chi connectivity index (χ0v) is 17.8. The van der Waals surface area contributed by atoms with E-state index < -0.39 is 11.8 Å². The molecule has 4 N–H and O–H groups in total. The molecule has 3 rings (SSSR count). The van der Waals surface area contributed by atoms with Gasteiger partial charge in [-0.2, -0.15) is 0 Å². The van der Waals surface area contributed by atoms with Gasteiger partial charge in [0.25, 0.3) is 11.8 Å². The van der Waals surface area contributed by atoms with Gasteiger partial charge in [0, 0.05) is 10.4 Å². The molecule has 2 amide bonds. The minimum absolute atomic E-state index is 0.0613. The Kier molecular flexibility index (Phi) is 6.23. The maximum Gasteiger partial charge on any atom is 0.257 e. The Morgan fingerprint density at radius 1 is 1.10 bits per heavy atom. The van der Waals surface area contributed by atoms with Crippen molar-refractivity contribution >= 4 is 45.5 Å². The van der Waals surface area contributed by atoms with Crippen LogP contribution in [-0.2, 0) is 12.8 Å². The van der Waals surface area contributed by atoms with Crippen molar-refractivity contribution in [2.24, 2.45) is 5.73 Å². The molecule has 1 aliphatic carbocycles. The number of primary amides is 1. The molecule has 1 heterocycles. The Hall–Kier alpha value is -2.85. The average Bonchev–Trinajstić information content (AvgIpc) is 3.26. The highest BCUT2D eigenvalue weighted by atomic mass is 32.1. The van der Waals surface area contributed by atoms with Gasteiger partial charge in [0.1, 0.15) is 5.00 Å². The third-order valence-electron chi connectivity index (χ3n) is 4.55. The van der Waals surface area contributed by atoms with Crippen LogP contribution in [0.1, 0.15) is 37.6 Å². The van der Waals surface area contributed by atoms with Crippen LogP contribution in [0.4, 0.5) is 5.00 Å². The summed E-state index contributed by atoms with van der Waals surface area (Å²) in [5, 5.41) is 6.15. The number of aryl methyl sites for hydroxylation is 1. The fourth-order valence-corrected chi connectivity index (χ4v) is 4.83. The molecule has 0 unspecified atom stereocenters. The SMILES string of the molecule is COc1cc(C(=O)NC(=S)Nc2sc3c(c2C(N)=O)CCC3)cc(OC)c1OC. The molecule has 0 aliphatic heterocycles. The highest BCUT2D eigenvalue weighted by molar-refractivity contribution is 7.80. The van der Waals surface area contributed by atoms with Crippen molar-refractivity contribution < 1.29 is 23.8 Å². The van der Waals surface area contributed by atoms with Gasteiger partial charge >= 0.3 is 0 Å². The number of carbonyl (C=O) groups is 2. The van der Waals surface area contributed by atoms with Crippen molar-refractivity contribution in [3.05, 3.63) is 33.7 Å². The Morgan fingerprint density at radius 3 is 2.31 bits per heavy atom. The molecular weight excluding hydrogens is 414 g/mol. The van der Waals surface area contributed by atoms with E-state index in [0.29, 0.717) is 27.8 Å². The maximum atomic E-state index is 12.7. The van der Waals surface area contributed by atoms with Gasteiger partial charge in [-0.1, -0.05) is 0 Å². The Morgan fingerprint density at radius 2 is 1.76 bits per heavy atom. The number of hydrogen-bond acceptors (Lipinski definition) is 7. The van der Waals surface area contributed by atoms with Crippen LogP contribution >= 0.6 is 23.6 Å². The van der Waals surface area contributed by atoms with Crippen LogP contribution in [0.15, 0.2) is 12.1 Å². The van der Waals surface area contributed by atoms with Crippen molar-refractivity contribution in [2.75, 3.05) is 26.6 Å². The summed E-state index contributed by atoms with van der Waals surface area (Å²) >= 11 is 6.70. The van der Waals surface area contributed by atoms with Crippen molar-refractivity contribution in [3.8, 4) is 17.2 Å². The quantitative estimate of drug-likeness (QED) is 0.598. The lowest BCUT2D eigenvalue weighted by molar-refractivity contribution is 0.0974. The molecule has 0 spiro atoms. The fourth-order valence-electron chi connectivity index (χ4n) is 3.27. The van der Waals surface area contributed by atoms with Crippen LogP contribution < -0.4 is 30.6 Å². The summed E-state index contributed by atoms with van der Waals surface area (Å²) in [6.45, 7) is 0. The third-order valence-corrected chi connectivity index (χ3v) is 5.96. The normalized spacial score (nSPS) is 12.1. The van der Waals surface area contributed by atoms with E-state index in [4.69, 9.17) is 32.2 Å². The number of fused-ring (bicyclic) bond motifs is 1. The van der Waals surface area contributed by atoms with Crippen molar-refractivity contribution in [1.82, 2.24) is 5.32 Å². The molecule has 0 atom stereocenters. The summed E-state index contributed by atoms with van der Waals surface area (Å²) in [6.07, 6.45) is 2.73. The minimum atomic E-state index is -0.509. The predicted octanol–water partition coefficient (Wildman–Crippen LogP) is 2.49. The number of rotatable bonds is 6. The second-order valence-electron chi connectivity index (χ2n) is 6.25. The zero-order valence-electron chi connectivity index (χ0n) is 16.2. The van der Waals surface area contributed by atoms with E-state index in [-0.39, 0.29) is 10.7 Å². The number of benzene rings is 1. The Bertz CT molecular complexity index is 961. The standard InChI is InChI=1S/C19H21N3O5S2/c1-25-11-7-9(8-12(26-2)15(11)27-3)17(24)21-19(28)22-18-14(16(20)23)10-5-4-6-13(10)29-18/h7-8H,4-6H2,1-3H3,(H2,20,23)(H2,21,22,24,28). The molecule has 1 aromatic carbocycles. The third kappa shape index (κ3) is 4.13. The number of nitrogens with one attached hydrogen (secondary N) is 2. The molecule has 1 aliphatic rings. The molecule has 10 heteroatoms. The molecule has 1 aromatic heterocycles. The molecular formula is C19H21N3O5S2. The lowest BCUT2D eigenvalue weighted by atomic mass is 10.1. The molecule has 0 bridgehead atoms. The van der Waals surface area contributed by atoms with Gasteiger partial charge in [-0.05, 0) is 49.2 Å². The summed E-state index contributed by atoms with van der Waals surface area (Å²) in [7, 11) is 4.41. The number of nitrogens with two attached hydrogens (primary N) is 1. The first-order valence-electron chi connectivity index (χ1n) is 8.76. The van der Waals surface area contributed by atoms with Gasteiger partial charge in [-0.25, -0.2) is 0 Å². The van der Waals surface area contributed by atoms with Gasteiger partial charge < -0.3 is 25.3 Å². The first-order valence-corrected chi connectivity index (χ1v) is 9.98. The zero-order chi connectivity index (χ0) is 21.1. The molecule has 0 fully saturated rings. The number of ether oxygens (including phenoxy) is 3. The van der Waals surface area contributed by atoms with E-state index in [9.17, 15) is 9.59 Å². The van der Waals surface area contributed by atoms with E-state index in [2.05, 4.69) is 10.6 Å². The number of hydrogen-bond donors (Lipinski definition) is 3. The van der Waals surface area contributed by atoms with E-state index in [1.165, 1.54) is 44.8 Å². The van der Waals surface area contributed by atoms with E-state index in [1.54, 1.807) is 0 Å². The second kappa shape index (κ2) is 8.66. The lowest BCUT2D eigenvalue weighted by Crippen LogP contribution is -2.34. The lowest BCUT2D eigenvalue weighted by Gasteiger charge is -2.14. The van der Waals surface area contributed by atoms with Crippen molar-refractivity contribution in [2.45, 2.75) is 19.3 Å². The molecule has 154 valence electrons. The van der Waals surface area contributed by atoms with Gasteiger partial charge in [-0.3, -0.25) is 14.9 Å². The van der Waals surface area contributed by atoms with Crippen molar-refractivity contribution in [3.63, 3.8) is 0 Å². The number of methoxy groups -OCH3 is 3. The highest BCUT2D eigenvalue weighted by Crippen LogP contribution is 2.39. The Balaban J connectivity index is 1.79. The van der Waals surface area contributed by atoms with Crippen molar-refractivity contribution in [1.29, 1.82) is 0 Å². The molecule has 0 saturated carbocycles. The first-order chi connectivity index (χ1) is 13.9. The predicted molar refractivity (Wildman–Crippen MR) is 115 cm³/mol. The van der Waals surface area contributed by atoms with Crippen LogP contribution in [0.3, 0.4) is 0 Å². The largest absolute Gasteiger partial charge is 0.493 e. The van der Waals surface area contributed by atoms with Crippen LogP contribution in [0, 0.1) is 0 Å². The molecule has 29 heavy (non-hydrogen) atoms. The summed E-state index contributed by atoms with van der Waals surface area (Å²) in [5.41, 5.74) is 7.25. The summed E-state index contributed by atoms with van der Waals surface area (Å²) in [4.78, 5) is 25.7. The summed E-state index contributed by atoms with van der Waals surface area (Å²) < 4.78 is 15.8. The highest BCUT2D eigenvalue weighted by Gasteiger charge is 2.26. The Labute approximate surface area is 177 Å². The molecule has 0 saturated heterocycles. The topological polar surface area (TPSA) is 112 Å². The van der Waals surface area contributed by atoms with Gasteiger partial charge in [0.2, 0.25) is 5.75 Å². The smallest absolute Gasteiger partial charge is 0.257 e. The molecule has 2 aromatic rings. The van der Waals surface area contributed by atoms with Gasteiger partial charge in [0.15, 0.2) is 16.6 Å². The molecule has 0 radical (unpaired) electrons. The number of anilines is 1.